The standard InChI is InChI=1S/C19H18O6/c1-11(7-15-8-12(2)19(22)24-15)16(20)10-23-14-5-3-13-4-6-18(21)25-17(13)9-14/h3-6,8-9,15-16,20H,1,7,10H2,2H3. The lowest BCUT2D eigenvalue weighted by molar-refractivity contribution is -0.139. The van der Waals surface area contributed by atoms with Gasteiger partial charge in [0.15, 0.2) is 0 Å². The van der Waals surface area contributed by atoms with Crippen LogP contribution in [0, 0.1) is 0 Å². The van der Waals surface area contributed by atoms with Gasteiger partial charge in [0.1, 0.15) is 30.1 Å². The van der Waals surface area contributed by atoms with Crippen molar-refractivity contribution < 1.29 is 23.8 Å². The fourth-order valence-corrected chi connectivity index (χ4v) is 2.53. The molecule has 0 fully saturated rings. The zero-order valence-corrected chi connectivity index (χ0v) is 13.7. The highest BCUT2D eigenvalue weighted by Gasteiger charge is 2.24. The van der Waals surface area contributed by atoms with E-state index in [1.54, 1.807) is 37.3 Å². The number of aliphatic hydroxyl groups excluding tert-OH is 1. The van der Waals surface area contributed by atoms with Crippen molar-refractivity contribution >= 4 is 16.9 Å². The highest BCUT2D eigenvalue weighted by atomic mass is 16.5. The molecule has 2 atom stereocenters. The fraction of sp³-hybridized carbons (Fsp3) is 0.263. The number of rotatable bonds is 6. The first-order valence-electron chi connectivity index (χ1n) is 7.84. The molecule has 2 aromatic rings. The number of hydrogen-bond donors (Lipinski definition) is 1. The second-order valence-corrected chi connectivity index (χ2v) is 5.94. The quantitative estimate of drug-likeness (QED) is 0.493. The summed E-state index contributed by atoms with van der Waals surface area (Å²) in [5, 5.41) is 10.9. The normalized spacial score (nSPS) is 17.9. The summed E-state index contributed by atoms with van der Waals surface area (Å²) in [7, 11) is 0. The fourth-order valence-electron chi connectivity index (χ4n) is 2.53. The maximum Gasteiger partial charge on any atom is 0.336 e. The third kappa shape index (κ3) is 3.97. The molecule has 0 saturated heterocycles. The molecule has 0 bridgehead atoms. The lowest BCUT2D eigenvalue weighted by Crippen LogP contribution is -2.22. The monoisotopic (exact) mass is 342 g/mol. The van der Waals surface area contributed by atoms with E-state index in [1.165, 1.54) is 6.07 Å². The summed E-state index contributed by atoms with van der Waals surface area (Å²) < 4.78 is 15.8. The maximum absolute atomic E-state index is 11.3. The Balaban J connectivity index is 1.58. The van der Waals surface area contributed by atoms with Gasteiger partial charge < -0.3 is 19.0 Å². The van der Waals surface area contributed by atoms with Gasteiger partial charge in [-0.1, -0.05) is 6.58 Å². The van der Waals surface area contributed by atoms with Gasteiger partial charge >= 0.3 is 11.6 Å². The summed E-state index contributed by atoms with van der Waals surface area (Å²) in [6, 6.07) is 8.10. The first kappa shape index (κ1) is 17.0. The number of fused-ring (bicyclic) bond motifs is 1. The minimum absolute atomic E-state index is 0.00916. The van der Waals surface area contributed by atoms with Gasteiger partial charge in [0.05, 0.1) is 0 Å². The number of cyclic esters (lactones) is 1. The number of esters is 1. The van der Waals surface area contributed by atoms with Crippen molar-refractivity contribution in [2.24, 2.45) is 0 Å². The van der Waals surface area contributed by atoms with Gasteiger partial charge in [0.25, 0.3) is 0 Å². The number of hydrogen-bond acceptors (Lipinski definition) is 6. The van der Waals surface area contributed by atoms with Crippen molar-refractivity contribution in [2.75, 3.05) is 6.61 Å². The Hall–Kier alpha value is -2.86. The number of carbonyl (C=O) groups is 1. The molecule has 1 aromatic heterocycles. The summed E-state index contributed by atoms with van der Waals surface area (Å²) in [6.45, 7) is 5.51. The highest BCUT2D eigenvalue weighted by molar-refractivity contribution is 5.90. The van der Waals surface area contributed by atoms with Crippen LogP contribution in [0.15, 0.2) is 63.3 Å². The lowest BCUT2D eigenvalue weighted by Gasteiger charge is -2.17. The van der Waals surface area contributed by atoms with E-state index in [2.05, 4.69) is 6.58 Å². The van der Waals surface area contributed by atoms with Crippen LogP contribution < -0.4 is 10.4 Å². The Morgan fingerprint density at radius 1 is 1.32 bits per heavy atom. The number of benzene rings is 1. The molecule has 2 heterocycles. The van der Waals surface area contributed by atoms with Crippen molar-refractivity contribution in [3.8, 4) is 5.75 Å². The third-order valence-corrected chi connectivity index (χ3v) is 3.95. The average Bonchev–Trinajstić information content (AvgIpc) is 2.89. The Labute approximate surface area is 144 Å². The van der Waals surface area contributed by atoms with Gasteiger partial charge in [0, 0.05) is 29.5 Å². The Kier molecular flexibility index (Phi) is 4.72. The predicted molar refractivity (Wildman–Crippen MR) is 91.4 cm³/mol. The minimum atomic E-state index is -0.911. The first-order valence-corrected chi connectivity index (χ1v) is 7.84. The molecule has 0 amide bonds. The lowest BCUT2D eigenvalue weighted by atomic mass is 10.0. The molecular formula is C19H18O6. The van der Waals surface area contributed by atoms with Crippen molar-refractivity contribution in [2.45, 2.75) is 25.6 Å². The van der Waals surface area contributed by atoms with Crippen molar-refractivity contribution in [1.82, 2.24) is 0 Å². The van der Waals surface area contributed by atoms with Crippen LogP contribution in [-0.4, -0.2) is 29.9 Å². The van der Waals surface area contributed by atoms with Gasteiger partial charge in [-0.15, -0.1) is 0 Å². The second kappa shape index (κ2) is 6.94. The predicted octanol–water partition coefficient (Wildman–Crippen LogP) is 2.35. The molecule has 6 heteroatoms. The zero-order valence-electron chi connectivity index (χ0n) is 13.7. The smallest absolute Gasteiger partial charge is 0.336 e. The Morgan fingerprint density at radius 2 is 2.08 bits per heavy atom. The van der Waals surface area contributed by atoms with Crippen molar-refractivity contribution in [1.29, 1.82) is 0 Å². The molecular weight excluding hydrogens is 324 g/mol. The van der Waals surface area contributed by atoms with Crippen LogP contribution >= 0.6 is 0 Å². The minimum Gasteiger partial charge on any atom is -0.490 e. The maximum atomic E-state index is 11.3. The first-order chi connectivity index (χ1) is 11.9. The average molecular weight is 342 g/mol. The van der Waals surface area contributed by atoms with E-state index in [1.807, 2.05) is 0 Å². The molecule has 1 N–H and O–H groups in total. The van der Waals surface area contributed by atoms with Crippen LogP contribution in [0.2, 0.25) is 0 Å². The van der Waals surface area contributed by atoms with E-state index in [4.69, 9.17) is 13.9 Å². The van der Waals surface area contributed by atoms with E-state index < -0.39 is 17.8 Å². The van der Waals surface area contributed by atoms with Crippen LogP contribution in [0.5, 0.6) is 5.75 Å². The highest BCUT2D eigenvalue weighted by Crippen LogP contribution is 2.22. The number of ether oxygens (including phenoxy) is 2. The van der Waals surface area contributed by atoms with Gasteiger partial charge in [-0.05, 0) is 36.8 Å². The summed E-state index contributed by atoms with van der Waals surface area (Å²) in [5.74, 6) is 0.123. The van der Waals surface area contributed by atoms with E-state index >= 15 is 0 Å². The summed E-state index contributed by atoms with van der Waals surface area (Å²) in [4.78, 5) is 22.6. The molecule has 6 nitrogen and oxygen atoms in total. The van der Waals surface area contributed by atoms with Gasteiger partial charge in [-0.3, -0.25) is 0 Å². The van der Waals surface area contributed by atoms with Gasteiger partial charge in [-0.2, -0.15) is 0 Å². The molecule has 0 aliphatic carbocycles. The molecule has 0 saturated carbocycles. The molecule has 1 aliphatic rings. The van der Waals surface area contributed by atoms with Gasteiger partial charge in [-0.25, -0.2) is 9.59 Å². The van der Waals surface area contributed by atoms with E-state index in [0.717, 1.165) is 5.39 Å². The third-order valence-electron chi connectivity index (χ3n) is 3.95. The van der Waals surface area contributed by atoms with Crippen LogP contribution in [0.25, 0.3) is 11.0 Å². The zero-order chi connectivity index (χ0) is 18.0. The van der Waals surface area contributed by atoms with Crippen LogP contribution in [-0.2, 0) is 9.53 Å². The molecule has 0 radical (unpaired) electrons. The topological polar surface area (TPSA) is 86.0 Å². The molecule has 1 aromatic carbocycles. The molecule has 0 spiro atoms. The van der Waals surface area contributed by atoms with E-state index in [0.29, 0.717) is 28.9 Å². The van der Waals surface area contributed by atoms with Gasteiger partial charge in [0.2, 0.25) is 0 Å². The molecule has 130 valence electrons. The number of carbonyl (C=O) groups excluding carboxylic acids is 1. The number of aliphatic hydroxyl groups is 1. The van der Waals surface area contributed by atoms with E-state index in [-0.39, 0.29) is 12.6 Å². The van der Waals surface area contributed by atoms with Crippen LogP contribution in [0.3, 0.4) is 0 Å². The van der Waals surface area contributed by atoms with Crippen molar-refractivity contribution in [3.05, 3.63) is 64.6 Å². The second-order valence-electron chi connectivity index (χ2n) is 5.94. The SMILES string of the molecule is C=C(CC1C=C(C)C(=O)O1)C(O)COc1ccc2ccc(=O)oc2c1. The Morgan fingerprint density at radius 3 is 2.80 bits per heavy atom. The summed E-state index contributed by atoms with van der Waals surface area (Å²) in [5.41, 5.74) is 1.04. The molecule has 25 heavy (non-hydrogen) atoms. The molecule has 3 rings (SSSR count). The van der Waals surface area contributed by atoms with Crippen molar-refractivity contribution in [3.63, 3.8) is 0 Å². The van der Waals surface area contributed by atoms with Crippen LogP contribution in [0.4, 0.5) is 0 Å². The summed E-state index contributed by atoms with van der Waals surface area (Å²) >= 11 is 0. The largest absolute Gasteiger partial charge is 0.490 e. The Bertz CT molecular complexity index is 908. The summed E-state index contributed by atoms with van der Waals surface area (Å²) in [6.07, 6.45) is 0.739. The molecule has 2 unspecified atom stereocenters. The van der Waals surface area contributed by atoms with Crippen LogP contribution in [0.1, 0.15) is 13.3 Å². The molecule has 1 aliphatic heterocycles. The van der Waals surface area contributed by atoms with E-state index in [9.17, 15) is 14.7 Å².